The number of anilines is 1. The lowest BCUT2D eigenvalue weighted by Crippen LogP contribution is -2.57. The topological polar surface area (TPSA) is 3.24 Å². The molecule has 0 unspecified atom stereocenters. The summed E-state index contributed by atoms with van der Waals surface area (Å²) in [5, 5.41) is 0. The average Bonchev–Trinajstić information content (AvgIpc) is 2.82. The summed E-state index contributed by atoms with van der Waals surface area (Å²) >= 11 is 0. The third-order valence-electron chi connectivity index (χ3n) is 4.87. The number of nitrogens with zero attached hydrogens (tertiary/aromatic N) is 1. The van der Waals surface area contributed by atoms with Crippen molar-refractivity contribution in [3.05, 3.63) is 43.8 Å². The average molecular weight is 401 g/mol. The number of hydrogen-bond donors (Lipinski definition) is 0. The maximum absolute atomic E-state index is 6.20. The van der Waals surface area contributed by atoms with Gasteiger partial charge in [-0.2, -0.15) is 0 Å². The summed E-state index contributed by atoms with van der Waals surface area (Å²) in [7, 11) is 77.7. The van der Waals surface area contributed by atoms with Crippen molar-refractivity contribution in [2.75, 3.05) is 18.0 Å². The lowest BCUT2D eigenvalue weighted by Gasteiger charge is -2.34. The first-order valence-electron chi connectivity index (χ1n) is 9.39. The first kappa shape index (κ1) is 30.0. The summed E-state index contributed by atoms with van der Waals surface area (Å²) < 4.78 is 0. The van der Waals surface area contributed by atoms with Crippen LogP contribution in [0.5, 0.6) is 0 Å². The second kappa shape index (κ2) is 12.6. The van der Waals surface area contributed by atoms with Crippen LogP contribution in [0.1, 0.15) is 0 Å². The molecule has 14 heteroatoms. The van der Waals surface area contributed by atoms with E-state index in [2.05, 4.69) is 11.8 Å². The second-order valence-electron chi connectivity index (χ2n) is 7.09. The van der Waals surface area contributed by atoms with Crippen LogP contribution in [0.3, 0.4) is 0 Å². The Labute approximate surface area is 221 Å². The Morgan fingerprint density at radius 1 is 0.529 bits per heavy atom. The minimum Gasteiger partial charge on any atom is -0.366 e. The highest BCUT2D eigenvalue weighted by atomic mass is 15.1. The van der Waals surface area contributed by atoms with Crippen LogP contribution in [0.4, 0.5) is 5.69 Å². The summed E-state index contributed by atoms with van der Waals surface area (Å²) in [6.45, 7) is -0.326. The van der Waals surface area contributed by atoms with E-state index in [-0.39, 0.29) is 89.9 Å². The highest BCUT2D eigenvalue weighted by molar-refractivity contribution is 6.68. The summed E-state index contributed by atoms with van der Waals surface area (Å²) in [4.78, 5) is 1.47. The molecule has 0 aliphatic carbocycles. The summed E-state index contributed by atoms with van der Waals surface area (Å²) in [5.41, 5.74) is -0.401. The minimum atomic E-state index is -0.163. The Morgan fingerprint density at radius 2 is 0.824 bits per heavy atom. The standard InChI is InChI=1S/C20H6B13N/c1-3-7(21)11(25)13(27)9(23)5-34(6-10(24)14(28)12(26)8(22)4-2)20-18(32)16(30)15(29)17(31)19(20)33/h1-2H,5-6H2/b11-7-,12-8-,13-9-,14-10-. The fourth-order valence-electron chi connectivity index (χ4n) is 2.76. The molecule has 0 heterocycles. The minimum absolute atomic E-state index is 0.000230. The van der Waals surface area contributed by atoms with Gasteiger partial charge in [0.25, 0.3) is 0 Å². The Hall–Kier alpha value is -2.06. The third-order valence-corrected chi connectivity index (χ3v) is 4.87. The SMILES string of the molecule is [B]/C(C#C)=C([B])/C([B])=C(/[B])CN(C/C([B])=C([B])\C([B])=C(\[B])C#C)c1c([B])c([B])c([B])c([B])c1[B]. The van der Waals surface area contributed by atoms with E-state index in [9.17, 15) is 0 Å². The highest BCUT2D eigenvalue weighted by Gasteiger charge is 2.18. The number of rotatable bonds is 7. The Kier molecular flexibility index (Phi) is 11.1. The van der Waals surface area contributed by atoms with Crippen molar-refractivity contribution in [2.24, 2.45) is 0 Å². The van der Waals surface area contributed by atoms with E-state index in [0.717, 1.165) is 0 Å². The van der Waals surface area contributed by atoms with E-state index >= 15 is 0 Å². The second-order valence-corrected chi connectivity index (χ2v) is 7.09. The summed E-state index contributed by atoms with van der Waals surface area (Å²) in [6.07, 6.45) is 10.5. The van der Waals surface area contributed by atoms with Gasteiger partial charge in [-0.15, -0.1) is 62.1 Å². The van der Waals surface area contributed by atoms with Crippen molar-refractivity contribution in [2.45, 2.75) is 0 Å². The lowest BCUT2D eigenvalue weighted by molar-refractivity contribution is 0.942. The van der Waals surface area contributed by atoms with Crippen molar-refractivity contribution in [3.8, 4) is 24.7 Å². The quantitative estimate of drug-likeness (QED) is 0.250. The van der Waals surface area contributed by atoms with E-state index in [1.165, 1.54) is 4.90 Å². The third kappa shape index (κ3) is 6.54. The first-order chi connectivity index (χ1) is 15.7. The van der Waals surface area contributed by atoms with Gasteiger partial charge in [-0.1, -0.05) is 33.7 Å². The van der Waals surface area contributed by atoms with E-state index < -0.39 is 0 Å². The predicted octanol–water partition coefficient (Wildman–Crippen LogP) is -6.08. The van der Waals surface area contributed by atoms with E-state index in [4.69, 9.17) is 115 Å². The molecule has 1 rings (SSSR count). The molecule has 0 aromatic heterocycles. The summed E-state index contributed by atoms with van der Waals surface area (Å²) in [5.74, 6) is 4.34. The van der Waals surface area contributed by atoms with Crippen LogP contribution < -0.4 is 32.2 Å². The molecule has 0 fully saturated rings. The van der Waals surface area contributed by atoms with Crippen molar-refractivity contribution >= 4 is 135 Å². The molecule has 0 saturated carbocycles. The van der Waals surface area contributed by atoms with Gasteiger partial charge in [0.2, 0.25) is 0 Å². The molecule has 26 radical (unpaired) electrons. The number of terminal acetylenes is 2. The van der Waals surface area contributed by atoms with Gasteiger partial charge in [-0.3, -0.25) is 0 Å². The van der Waals surface area contributed by atoms with Gasteiger partial charge >= 0.3 is 0 Å². The molecule has 0 saturated heterocycles. The Morgan fingerprint density at radius 3 is 1.12 bits per heavy atom. The van der Waals surface area contributed by atoms with Crippen LogP contribution >= 0.6 is 0 Å². The van der Waals surface area contributed by atoms with Crippen molar-refractivity contribution < 1.29 is 0 Å². The van der Waals surface area contributed by atoms with E-state index in [1.807, 2.05) is 0 Å². The fourth-order valence-corrected chi connectivity index (χ4v) is 2.76. The smallest absolute Gasteiger partial charge is 0.125 e. The van der Waals surface area contributed by atoms with Crippen LogP contribution in [0.15, 0.2) is 43.8 Å². The van der Waals surface area contributed by atoms with Gasteiger partial charge in [0.15, 0.2) is 0 Å². The van der Waals surface area contributed by atoms with E-state index in [1.54, 1.807) is 0 Å². The predicted molar refractivity (Wildman–Crippen MR) is 157 cm³/mol. The molecule has 0 bridgehead atoms. The molecule has 130 valence electrons. The highest BCUT2D eigenvalue weighted by Crippen LogP contribution is 2.17. The van der Waals surface area contributed by atoms with Gasteiger partial charge in [0.1, 0.15) is 102 Å². The number of hydrogen-bond acceptors (Lipinski definition) is 1. The maximum Gasteiger partial charge on any atom is 0.125 e. The van der Waals surface area contributed by atoms with E-state index in [0.29, 0.717) is 0 Å². The molecule has 0 aliphatic heterocycles. The lowest BCUT2D eigenvalue weighted by atomic mass is 9.61. The molecule has 1 aromatic rings. The Bertz CT molecular complexity index is 1120. The zero-order valence-corrected chi connectivity index (χ0v) is 18.5. The molecule has 0 atom stereocenters. The molecule has 0 spiro atoms. The van der Waals surface area contributed by atoms with Gasteiger partial charge in [-0.25, -0.2) is 0 Å². The van der Waals surface area contributed by atoms with Gasteiger partial charge in [-0.05, 0) is 0 Å². The fraction of sp³-hybridized carbons (Fsp3) is 0.100. The monoisotopic (exact) mass is 403 g/mol. The zero-order valence-electron chi connectivity index (χ0n) is 18.5. The molecule has 1 nitrogen and oxygen atoms in total. The van der Waals surface area contributed by atoms with Crippen LogP contribution in [0.25, 0.3) is 0 Å². The molecule has 0 amide bonds. The van der Waals surface area contributed by atoms with Crippen molar-refractivity contribution in [3.63, 3.8) is 0 Å². The van der Waals surface area contributed by atoms with Gasteiger partial charge in [0.05, 0.1) is 0 Å². The zero-order chi connectivity index (χ0) is 26.5. The molecule has 0 N–H and O–H groups in total. The molecular formula is C20H6B13N. The normalized spacial score (nSPS) is 13.9. The largest absolute Gasteiger partial charge is 0.366 e. The van der Waals surface area contributed by atoms with Crippen molar-refractivity contribution in [1.29, 1.82) is 0 Å². The van der Waals surface area contributed by atoms with Crippen LogP contribution in [-0.2, 0) is 0 Å². The number of allylic oxidation sites excluding steroid dienone is 6. The van der Waals surface area contributed by atoms with Gasteiger partial charge in [0, 0.05) is 18.8 Å². The van der Waals surface area contributed by atoms with Gasteiger partial charge < -0.3 is 4.90 Å². The van der Waals surface area contributed by atoms with Crippen LogP contribution in [0, 0.1) is 24.7 Å². The number of benzene rings is 1. The Balaban J connectivity index is 3.81. The molecular weight excluding hydrogens is 395 g/mol. The molecule has 34 heavy (non-hydrogen) atoms. The summed E-state index contributed by atoms with van der Waals surface area (Å²) in [6, 6.07) is 0. The van der Waals surface area contributed by atoms with Crippen molar-refractivity contribution in [1.82, 2.24) is 0 Å². The van der Waals surface area contributed by atoms with Crippen LogP contribution in [0.2, 0.25) is 0 Å². The van der Waals surface area contributed by atoms with Crippen LogP contribution in [-0.4, -0.2) is 115 Å². The maximum atomic E-state index is 6.20. The molecule has 0 aliphatic rings. The molecule has 1 aromatic carbocycles. The first-order valence-corrected chi connectivity index (χ1v) is 9.39.